The van der Waals surface area contributed by atoms with Gasteiger partial charge in [0.25, 0.3) is 11.8 Å². The van der Waals surface area contributed by atoms with Crippen LogP contribution in [0.15, 0.2) is 36.4 Å². The molecule has 0 spiro atoms. The molecule has 176 valence electrons. The highest BCUT2D eigenvalue weighted by atomic mass is 35.5. The molecule has 2 aromatic rings. The van der Waals surface area contributed by atoms with E-state index in [1.165, 1.54) is 0 Å². The summed E-state index contributed by atoms with van der Waals surface area (Å²) in [6.07, 6.45) is 1.75. The Balaban J connectivity index is 1.43. The summed E-state index contributed by atoms with van der Waals surface area (Å²) in [6, 6.07) is 10.5. The van der Waals surface area contributed by atoms with Gasteiger partial charge in [-0.2, -0.15) is 0 Å². The molecule has 2 aliphatic heterocycles. The van der Waals surface area contributed by atoms with E-state index in [4.69, 9.17) is 28.9 Å². The molecule has 2 saturated heterocycles. The molecular weight excluding hydrogens is 461 g/mol. The van der Waals surface area contributed by atoms with Crippen LogP contribution < -0.4 is 16.0 Å². The molecule has 2 amide bonds. The van der Waals surface area contributed by atoms with E-state index in [-0.39, 0.29) is 11.8 Å². The molecule has 33 heavy (non-hydrogen) atoms. The van der Waals surface area contributed by atoms with E-state index in [1.54, 1.807) is 24.3 Å². The lowest BCUT2D eigenvalue weighted by molar-refractivity contribution is 0.0759. The van der Waals surface area contributed by atoms with Gasteiger partial charge in [0.1, 0.15) is 0 Å². The minimum absolute atomic E-state index is 0.0180. The maximum atomic E-state index is 13.0. The van der Waals surface area contributed by atoms with Crippen molar-refractivity contribution in [1.82, 2.24) is 15.1 Å². The third kappa shape index (κ3) is 5.54. The van der Waals surface area contributed by atoms with Gasteiger partial charge < -0.3 is 25.8 Å². The van der Waals surface area contributed by atoms with Crippen LogP contribution in [0, 0.1) is 0 Å². The summed E-state index contributed by atoms with van der Waals surface area (Å²) in [4.78, 5) is 31.8. The van der Waals surface area contributed by atoms with Gasteiger partial charge in [0.15, 0.2) is 0 Å². The molecule has 0 radical (unpaired) electrons. The van der Waals surface area contributed by atoms with Gasteiger partial charge >= 0.3 is 0 Å². The number of nitrogen functional groups attached to an aromatic ring is 1. The van der Waals surface area contributed by atoms with E-state index in [0.29, 0.717) is 53.0 Å². The van der Waals surface area contributed by atoms with Crippen LogP contribution in [0.2, 0.25) is 10.0 Å². The number of nitrogens with zero attached hydrogens (tertiary/aromatic N) is 3. The van der Waals surface area contributed by atoms with Crippen molar-refractivity contribution in [3.05, 3.63) is 57.6 Å². The normalized spacial score (nSPS) is 17.5. The largest absolute Gasteiger partial charge is 0.397 e. The summed E-state index contributed by atoms with van der Waals surface area (Å²) < 4.78 is 0. The minimum Gasteiger partial charge on any atom is -0.397 e. The van der Waals surface area contributed by atoms with Crippen LogP contribution in [0.5, 0.6) is 0 Å². The summed E-state index contributed by atoms with van der Waals surface area (Å²) in [5.41, 5.74) is 8.93. The van der Waals surface area contributed by atoms with Gasteiger partial charge in [0.05, 0.1) is 22.0 Å². The van der Waals surface area contributed by atoms with E-state index in [2.05, 4.69) is 10.2 Å². The Bertz CT molecular complexity index is 1020. The fourth-order valence-electron chi connectivity index (χ4n) is 4.40. The molecule has 2 heterocycles. The van der Waals surface area contributed by atoms with Gasteiger partial charge in [0, 0.05) is 56.4 Å². The Hall–Kier alpha value is -2.48. The fourth-order valence-corrected chi connectivity index (χ4v) is 4.89. The number of rotatable bonds is 3. The second-order valence-corrected chi connectivity index (χ2v) is 9.27. The SMILES string of the molecule is Nc1cc(C(=O)N2CCCNCC2)ccc1N1CCCN(C(=O)c2ccc(Cl)cc2Cl)CC1. The number of carbonyl (C=O) groups excluding carboxylic acids is 2. The third-order valence-electron chi connectivity index (χ3n) is 6.19. The smallest absolute Gasteiger partial charge is 0.255 e. The molecule has 0 atom stereocenters. The first-order valence-electron chi connectivity index (χ1n) is 11.3. The number of carbonyl (C=O) groups is 2. The van der Waals surface area contributed by atoms with Crippen molar-refractivity contribution >= 4 is 46.4 Å². The first-order chi connectivity index (χ1) is 15.9. The van der Waals surface area contributed by atoms with E-state index in [0.717, 1.165) is 44.7 Å². The van der Waals surface area contributed by atoms with Crippen molar-refractivity contribution in [2.24, 2.45) is 0 Å². The molecule has 7 nitrogen and oxygen atoms in total. The second kappa shape index (κ2) is 10.6. The number of benzene rings is 2. The molecule has 0 aromatic heterocycles. The van der Waals surface area contributed by atoms with Crippen LogP contribution in [0.3, 0.4) is 0 Å². The van der Waals surface area contributed by atoms with E-state index in [1.807, 2.05) is 21.9 Å². The summed E-state index contributed by atoms with van der Waals surface area (Å²) in [6.45, 7) is 5.80. The number of nitrogens with one attached hydrogen (secondary N) is 1. The predicted octanol–water partition coefficient (Wildman–Crippen LogP) is 3.36. The van der Waals surface area contributed by atoms with Crippen LogP contribution in [-0.4, -0.2) is 74.0 Å². The van der Waals surface area contributed by atoms with Crippen molar-refractivity contribution in [1.29, 1.82) is 0 Å². The molecule has 2 aromatic carbocycles. The topological polar surface area (TPSA) is 81.9 Å². The average molecular weight is 490 g/mol. The molecule has 2 fully saturated rings. The second-order valence-electron chi connectivity index (χ2n) is 8.43. The molecule has 0 unspecified atom stereocenters. The molecule has 3 N–H and O–H groups in total. The highest BCUT2D eigenvalue weighted by Crippen LogP contribution is 2.27. The molecule has 0 saturated carbocycles. The highest BCUT2D eigenvalue weighted by molar-refractivity contribution is 6.36. The van der Waals surface area contributed by atoms with Gasteiger partial charge in [-0.1, -0.05) is 23.2 Å². The summed E-state index contributed by atoms with van der Waals surface area (Å²) in [5, 5.41) is 4.18. The molecule has 0 bridgehead atoms. The Morgan fingerprint density at radius 1 is 0.818 bits per heavy atom. The Morgan fingerprint density at radius 3 is 2.39 bits per heavy atom. The lowest BCUT2D eigenvalue weighted by atomic mass is 10.1. The number of hydrogen-bond acceptors (Lipinski definition) is 5. The maximum Gasteiger partial charge on any atom is 0.255 e. The standard InChI is InChI=1S/C24H29Cl2N5O2/c25-18-4-5-19(20(26)16-18)24(33)31-11-2-10-29(13-14-31)22-6-3-17(15-21(22)27)23(32)30-9-1-7-28-8-12-30/h3-6,15-16,28H,1-2,7-14,27H2. The summed E-state index contributed by atoms with van der Waals surface area (Å²) >= 11 is 12.2. The van der Waals surface area contributed by atoms with Crippen molar-refractivity contribution in [3.8, 4) is 0 Å². The van der Waals surface area contributed by atoms with Crippen LogP contribution in [0.25, 0.3) is 0 Å². The third-order valence-corrected chi connectivity index (χ3v) is 6.73. The molecule has 2 aliphatic rings. The zero-order valence-corrected chi connectivity index (χ0v) is 20.0. The summed E-state index contributed by atoms with van der Waals surface area (Å²) in [5.74, 6) is -0.0798. The summed E-state index contributed by atoms with van der Waals surface area (Å²) in [7, 11) is 0. The van der Waals surface area contributed by atoms with Gasteiger partial charge in [-0.05, 0) is 55.8 Å². The van der Waals surface area contributed by atoms with Crippen LogP contribution in [0.1, 0.15) is 33.6 Å². The van der Waals surface area contributed by atoms with Gasteiger partial charge in [0.2, 0.25) is 0 Å². The van der Waals surface area contributed by atoms with E-state index < -0.39 is 0 Å². The zero-order valence-electron chi connectivity index (χ0n) is 18.5. The zero-order chi connectivity index (χ0) is 23.4. The van der Waals surface area contributed by atoms with E-state index in [9.17, 15) is 9.59 Å². The minimum atomic E-state index is -0.0978. The lowest BCUT2D eigenvalue weighted by Gasteiger charge is -2.26. The monoisotopic (exact) mass is 489 g/mol. The van der Waals surface area contributed by atoms with Crippen molar-refractivity contribution in [3.63, 3.8) is 0 Å². The van der Waals surface area contributed by atoms with Crippen molar-refractivity contribution in [2.75, 3.05) is 63.0 Å². The van der Waals surface area contributed by atoms with E-state index >= 15 is 0 Å². The van der Waals surface area contributed by atoms with Crippen LogP contribution >= 0.6 is 23.2 Å². The quantitative estimate of drug-likeness (QED) is 0.645. The van der Waals surface area contributed by atoms with Gasteiger partial charge in [-0.15, -0.1) is 0 Å². The fraction of sp³-hybridized carbons (Fsp3) is 0.417. The van der Waals surface area contributed by atoms with Gasteiger partial charge in [-0.3, -0.25) is 9.59 Å². The highest BCUT2D eigenvalue weighted by Gasteiger charge is 2.24. The predicted molar refractivity (Wildman–Crippen MR) is 133 cm³/mol. The first-order valence-corrected chi connectivity index (χ1v) is 12.1. The molecule has 0 aliphatic carbocycles. The number of hydrogen-bond donors (Lipinski definition) is 2. The number of anilines is 2. The van der Waals surface area contributed by atoms with Crippen LogP contribution in [0.4, 0.5) is 11.4 Å². The molecule has 4 rings (SSSR count). The number of nitrogens with two attached hydrogens (primary N) is 1. The Kier molecular flexibility index (Phi) is 7.63. The van der Waals surface area contributed by atoms with Crippen LogP contribution in [-0.2, 0) is 0 Å². The van der Waals surface area contributed by atoms with Crippen molar-refractivity contribution < 1.29 is 9.59 Å². The Labute approximate surface area is 204 Å². The lowest BCUT2D eigenvalue weighted by Crippen LogP contribution is -2.35. The number of amides is 2. The Morgan fingerprint density at radius 2 is 1.61 bits per heavy atom. The first kappa shape index (κ1) is 23.7. The molecular formula is C24H29Cl2N5O2. The van der Waals surface area contributed by atoms with Crippen molar-refractivity contribution in [2.45, 2.75) is 12.8 Å². The van der Waals surface area contributed by atoms with Gasteiger partial charge in [-0.25, -0.2) is 0 Å². The average Bonchev–Trinajstić information content (AvgIpc) is 3.22. The maximum absolute atomic E-state index is 13.0. The number of halogens is 2. The molecule has 9 heteroatoms.